The first-order chi connectivity index (χ1) is 16.3. The van der Waals surface area contributed by atoms with Crippen LogP contribution in [0.25, 0.3) is 0 Å². The van der Waals surface area contributed by atoms with Crippen LogP contribution in [0.3, 0.4) is 0 Å². The molecule has 188 valence electrons. The zero-order valence-corrected chi connectivity index (χ0v) is 22.0. The highest BCUT2D eigenvalue weighted by atomic mass is 16.5. The minimum atomic E-state index is 0.114. The molecule has 5 rings (SSSR count). The zero-order valence-electron chi connectivity index (χ0n) is 22.0. The molecule has 0 aliphatic heterocycles. The van der Waals surface area contributed by atoms with E-state index < -0.39 is 0 Å². The fraction of sp³-hybridized carbons (Fsp3) is 0.862. The van der Waals surface area contributed by atoms with Gasteiger partial charge in [0.25, 0.3) is 0 Å². The number of ether oxygens (including phenoxy) is 2. The van der Waals surface area contributed by atoms with Gasteiger partial charge >= 0.3 is 0 Å². The molecule has 4 fully saturated rings. The Morgan fingerprint density at radius 1 is 1.09 bits per heavy atom. The maximum absolute atomic E-state index is 9.15. The van der Waals surface area contributed by atoms with Crippen molar-refractivity contribution in [2.45, 2.75) is 96.8 Å². The molecule has 0 aromatic carbocycles. The molecule has 1 aromatic rings. The molecule has 1 aromatic heterocycles. The second-order valence-electron chi connectivity index (χ2n) is 12.8. The third-order valence-electron chi connectivity index (χ3n) is 11.4. The average molecular weight is 468 g/mol. The van der Waals surface area contributed by atoms with Crippen LogP contribution in [0.1, 0.15) is 84.1 Å². The molecular weight excluding hydrogens is 422 g/mol. The smallest absolute Gasteiger partial charge is 0.102 e. The van der Waals surface area contributed by atoms with Gasteiger partial charge in [-0.3, -0.25) is 4.68 Å². The Kier molecular flexibility index (Phi) is 6.61. The van der Waals surface area contributed by atoms with Gasteiger partial charge in [-0.15, -0.1) is 0 Å². The standard InChI is InChI=1S/C29H45N3O2/c1-19(27(33-4)18-32-17-20(15-30)16-31-32)25-8-9-26-24-7-6-21-14-28(2,34-5)12-10-22(21)23(24)11-13-29(25,26)3/h16-17,19,21-27H,6-14,18H2,1-5H3/t19-,21-,22+,23-,24-,25-,26+,27-,28-,29-/m1/s1. The van der Waals surface area contributed by atoms with E-state index in [9.17, 15) is 0 Å². The van der Waals surface area contributed by atoms with Crippen molar-refractivity contribution in [3.63, 3.8) is 0 Å². The molecule has 5 heteroatoms. The van der Waals surface area contributed by atoms with Gasteiger partial charge in [-0.2, -0.15) is 10.4 Å². The number of hydrogen-bond acceptors (Lipinski definition) is 4. The molecule has 34 heavy (non-hydrogen) atoms. The normalized spacial score (nSPS) is 43.3. The molecule has 10 atom stereocenters. The van der Waals surface area contributed by atoms with Crippen LogP contribution in [0.15, 0.2) is 12.4 Å². The number of nitrogens with zero attached hydrogens (tertiary/aromatic N) is 3. The summed E-state index contributed by atoms with van der Waals surface area (Å²) in [6.45, 7) is 8.11. The molecule has 4 saturated carbocycles. The van der Waals surface area contributed by atoms with E-state index in [2.05, 4.69) is 31.9 Å². The average Bonchev–Trinajstić information content (AvgIpc) is 3.45. The van der Waals surface area contributed by atoms with Gasteiger partial charge in [0.05, 0.1) is 30.0 Å². The third-order valence-corrected chi connectivity index (χ3v) is 11.4. The number of methoxy groups -OCH3 is 2. The summed E-state index contributed by atoms with van der Waals surface area (Å²) in [6, 6.07) is 2.19. The SMILES string of the molecule is CO[C@H](Cn1cc(C#N)cn1)[C@H](C)[C@H]1CC[C@H]2[C@@H]3CC[C@@H]4C[C@](C)(OC)CC[C@@H]4[C@H]3CC[C@]12C. The van der Waals surface area contributed by atoms with Crippen molar-refractivity contribution in [3.05, 3.63) is 18.0 Å². The molecule has 0 bridgehead atoms. The second kappa shape index (κ2) is 9.25. The summed E-state index contributed by atoms with van der Waals surface area (Å²) < 4.78 is 13.9. The summed E-state index contributed by atoms with van der Waals surface area (Å²) in [4.78, 5) is 0. The molecular formula is C29H45N3O2. The lowest BCUT2D eigenvalue weighted by Gasteiger charge is -2.58. The minimum Gasteiger partial charge on any atom is -0.379 e. The van der Waals surface area contributed by atoms with Gasteiger partial charge in [0, 0.05) is 20.4 Å². The molecule has 0 saturated heterocycles. The Balaban J connectivity index is 1.29. The fourth-order valence-electron chi connectivity index (χ4n) is 9.58. The van der Waals surface area contributed by atoms with Crippen LogP contribution < -0.4 is 0 Å². The number of aromatic nitrogens is 2. The largest absolute Gasteiger partial charge is 0.379 e. The van der Waals surface area contributed by atoms with Crippen LogP contribution in [0.5, 0.6) is 0 Å². The highest BCUT2D eigenvalue weighted by Gasteiger charge is 2.58. The van der Waals surface area contributed by atoms with E-state index in [4.69, 9.17) is 14.7 Å². The van der Waals surface area contributed by atoms with E-state index in [-0.39, 0.29) is 11.7 Å². The van der Waals surface area contributed by atoms with Crippen molar-refractivity contribution in [2.24, 2.45) is 46.8 Å². The van der Waals surface area contributed by atoms with Gasteiger partial charge in [-0.1, -0.05) is 13.8 Å². The lowest BCUT2D eigenvalue weighted by Crippen LogP contribution is -2.51. The maximum Gasteiger partial charge on any atom is 0.102 e. The Hall–Kier alpha value is -1.38. The first kappa shape index (κ1) is 24.3. The zero-order chi connectivity index (χ0) is 24.1. The molecule has 4 aliphatic rings. The van der Waals surface area contributed by atoms with Gasteiger partial charge in [0.2, 0.25) is 0 Å². The first-order valence-corrected chi connectivity index (χ1v) is 13.8. The van der Waals surface area contributed by atoms with Crippen molar-refractivity contribution in [1.29, 1.82) is 5.26 Å². The summed E-state index contributed by atoms with van der Waals surface area (Å²) in [5.41, 5.74) is 1.17. The summed E-state index contributed by atoms with van der Waals surface area (Å²) >= 11 is 0. The highest BCUT2D eigenvalue weighted by Crippen LogP contribution is 2.66. The van der Waals surface area contributed by atoms with E-state index in [0.29, 0.717) is 22.8 Å². The Morgan fingerprint density at radius 3 is 2.59 bits per heavy atom. The fourth-order valence-corrected chi connectivity index (χ4v) is 9.58. The topological polar surface area (TPSA) is 60.1 Å². The predicted octanol–water partition coefficient (Wildman–Crippen LogP) is 6.08. The molecule has 0 N–H and O–H groups in total. The maximum atomic E-state index is 9.15. The van der Waals surface area contributed by atoms with Crippen molar-refractivity contribution in [2.75, 3.05) is 14.2 Å². The van der Waals surface area contributed by atoms with E-state index >= 15 is 0 Å². The van der Waals surface area contributed by atoms with Crippen molar-refractivity contribution >= 4 is 0 Å². The van der Waals surface area contributed by atoms with Crippen LogP contribution in [-0.2, 0) is 16.0 Å². The van der Waals surface area contributed by atoms with Gasteiger partial charge in [0.15, 0.2) is 0 Å². The van der Waals surface area contributed by atoms with Crippen LogP contribution in [-0.4, -0.2) is 35.7 Å². The third kappa shape index (κ3) is 4.03. The van der Waals surface area contributed by atoms with Crippen LogP contribution in [0.2, 0.25) is 0 Å². The Bertz CT molecular complexity index is 907. The van der Waals surface area contributed by atoms with E-state index in [1.165, 1.54) is 57.8 Å². The van der Waals surface area contributed by atoms with Crippen LogP contribution >= 0.6 is 0 Å². The Labute approximate surface area is 206 Å². The highest BCUT2D eigenvalue weighted by molar-refractivity contribution is 5.21. The van der Waals surface area contributed by atoms with E-state index in [1.54, 1.807) is 6.20 Å². The summed E-state index contributed by atoms with van der Waals surface area (Å²) in [6.07, 6.45) is 15.9. The number of nitriles is 1. The van der Waals surface area contributed by atoms with Crippen LogP contribution in [0.4, 0.5) is 0 Å². The summed E-state index contributed by atoms with van der Waals surface area (Å²) in [5.74, 6) is 5.75. The van der Waals surface area contributed by atoms with Gasteiger partial charge in [0.1, 0.15) is 6.07 Å². The summed E-state index contributed by atoms with van der Waals surface area (Å²) in [5, 5.41) is 13.5. The molecule has 0 radical (unpaired) electrons. The number of hydrogen-bond donors (Lipinski definition) is 0. The number of fused-ring (bicyclic) bond motifs is 5. The number of rotatable bonds is 6. The minimum absolute atomic E-state index is 0.114. The van der Waals surface area contributed by atoms with Gasteiger partial charge in [-0.25, -0.2) is 0 Å². The summed E-state index contributed by atoms with van der Waals surface area (Å²) in [7, 11) is 3.76. The molecule has 5 nitrogen and oxygen atoms in total. The monoisotopic (exact) mass is 467 g/mol. The van der Waals surface area contributed by atoms with Crippen molar-refractivity contribution in [3.8, 4) is 6.07 Å². The molecule has 1 heterocycles. The molecule has 4 aliphatic carbocycles. The Morgan fingerprint density at radius 2 is 1.88 bits per heavy atom. The van der Waals surface area contributed by atoms with E-state index in [1.807, 2.05) is 25.1 Å². The van der Waals surface area contributed by atoms with Gasteiger partial charge in [-0.05, 0) is 112 Å². The molecule has 0 spiro atoms. The lowest BCUT2D eigenvalue weighted by molar-refractivity contribution is -0.117. The molecule has 0 unspecified atom stereocenters. The van der Waals surface area contributed by atoms with E-state index in [0.717, 1.165) is 36.1 Å². The lowest BCUT2D eigenvalue weighted by atomic mass is 9.48. The quantitative estimate of drug-likeness (QED) is 0.509. The predicted molar refractivity (Wildman–Crippen MR) is 133 cm³/mol. The first-order valence-electron chi connectivity index (χ1n) is 13.8. The molecule has 0 amide bonds. The van der Waals surface area contributed by atoms with Crippen LogP contribution in [0, 0.1) is 58.2 Å². The van der Waals surface area contributed by atoms with Gasteiger partial charge < -0.3 is 9.47 Å². The second-order valence-corrected chi connectivity index (χ2v) is 12.8. The van der Waals surface area contributed by atoms with Crippen molar-refractivity contribution in [1.82, 2.24) is 9.78 Å². The van der Waals surface area contributed by atoms with Crippen molar-refractivity contribution < 1.29 is 9.47 Å².